The molecule has 6 nitrogen and oxygen atoms in total. The summed E-state index contributed by atoms with van der Waals surface area (Å²) in [6.07, 6.45) is 1.43. The molecule has 27 heavy (non-hydrogen) atoms. The Hall–Kier alpha value is -1.92. The maximum absolute atomic E-state index is 12.7. The Morgan fingerprint density at radius 3 is 2.74 bits per heavy atom. The largest absolute Gasteiger partial charge is 0.353 e. The highest BCUT2D eigenvalue weighted by Crippen LogP contribution is 2.40. The van der Waals surface area contributed by atoms with Gasteiger partial charge in [-0.15, -0.1) is 0 Å². The molecule has 2 N–H and O–H groups in total. The first-order chi connectivity index (χ1) is 13.1. The number of hydrogen-bond acceptors (Lipinski definition) is 4. The van der Waals surface area contributed by atoms with Crippen LogP contribution in [0.5, 0.6) is 0 Å². The van der Waals surface area contributed by atoms with Gasteiger partial charge in [0.25, 0.3) is 0 Å². The molecule has 1 aromatic rings. The summed E-state index contributed by atoms with van der Waals surface area (Å²) < 4.78 is 0. The molecule has 0 bridgehead atoms. The van der Waals surface area contributed by atoms with Crippen LogP contribution in [0.25, 0.3) is 0 Å². The van der Waals surface area contributed by atoms with Gasteiger partial charge in [0.2, 0.25) is 11.8 Å². The first-order valence-electron chi connectivity index (χ1n) is 10.1. The van der Waals surface area contributed by atoms with Crippen LogP contribution in [0.1, 0.15) is 32.3 Å². The van der Waals surface area contributed by atoms with E-state index in [4.69, 9.17) is 0 Å². The lowest BCUT2D eigenvalue weighted by Gasteiger charge is -2.21. The zero-order valence-electron chi connectivity index (χ0n) is 16.5. The number of likely N-dealkylation sites (N-methyl/N-ethyl adjacent to an activating group) is 1. The first kappa shape index (κ1) is 19.8. The highest BCUT2D eigenvalue weighted by atomic mass is 16.2. The highest BCUT2D eigenvalue weighted by molar-refractivity contribution is 5.94. The molecule has 1 aromatic carbocycles. The number of carbonyl (C=O) groups is 2. The third-order valence-corrected chi connectivity index (χ3v) is 6.00. The maximum atomic E-state index is 12.7. The third-order valence-electron chi connectivity index (χ3n) is 6.00. The Bertz CT molecular complexity index is 647. The van der Waals surface area contributed by atoms with E-state index in [1.165, 1.54) is 5.56 Å². The highest BCUT2D eigenvalue weighted by Gasteiger charge is 2.52. The van der Waals surface area contributed by atoms with E-state index < -0.39 is 11.5 Å². The van der Waals surface area contributed by atoms with Gasteiger partial charge in [-0.1, -0.05) is 44.2 Å². The van der Waals surface area contributed by atoms with Crippen molar-refractivity contribution in [1.82, 2.24) is 20.4 Å². The van der Waals surface area contributed by atoms with E-state index in [0.717, 1.165) is 45.7 Å². The Morgan fingerprint density at radius 1 is 1.30 bits per heavy atom. The van der Waals surface area contributed by atoms with E-state index in [2.05, 4.69) is 46.4 Å². The van der Waals surface area contributed by atoms with E-state index >= 15 is 0 Å². The molecule has 2 aliphatic rings. The number of rotatable bonds is 8. The van der Waals surface area contributed by atoms with Crippen LogP contribution in [0, 0.1) is 5.41 Å². The molecule has 0 saturated carbocycles. The van der Waals surface area contributed by atoms with Gasteiger partial charge in [-0.3, -0.25) is 14.5 Å². The fourth-order valence-electron chi connectivity index (χ4n) is 4.29. The predicted molar refractivity (Wildman–Crippen MR) is 106 cm³/mol. The fourth-order valence-corrected chi connectivity index (χ4v) is 4.29. The second-order valence-corrected chi connectivity index (χ2v) is 7.77. The molecule has 0 radical (unpaired) electrons. The summed E-state index contributed by atoms with van der Waals surface area (Å²) in [5.41, 5.74) is 0.856. The number of benzene rings is 1. The summed E-state index contributed by atoms with van der Waals surface area (Å²) in [5.74, 6) is -0.00385. The molecule has 0 unspecified atom stereocenters. The van der Waals surface area contributed by atoms with Gasteiger partial charge in [0.05, 0.1) is 5.41 Å². The number of carbonyl (C=O) groups excluding carboxylic acids is 2. The fraction of sp³-hybridized carbons (Fsp3) is 0.619. The molecule has 2 amide bonds. The summed E-state index contributed by atoms with van der Waals surface area (Å²) in [4.78, 5) is 29.8. The Labute approximate surface area is 162 Å². The van der Waals surface area contributed by atoms with E-state index in [0.29, 0.717) is 13.0 Å². The predicted octanol–water partition coefficient (Wildman–Crippen LogP) is 1.23. The van der Waals surface area contributed by atoms with Crippen molar-refractivity contribution in [2.75, 3.05) is 39.3 Å². The average molecular weight is 373 g/mol. The molecule has 2 heterocycles. The van der Waals surface area contributed by atoms with E-state index in [1.54, 1.807) is 0 Å². The van der Waals surface area contributed by atoms with Gasteiger partial charge < -0.3 is 15.5 Å². The van der Waals surface area contributed by atoms with Gasteiger partial charge in [-0.2, -0.15) is 0 Å². The molecule has 0 aromatic heterocycles. The van der Waals surface area contributed by atoms with Gasteiger partial charge in [0.1, 0.15) is 6.04 Å². The van der Waals surface area contributed by atoms with Crippen molar-refractivity contribution in [2.24, 2.45) is 5.41 Å². The molecule has 2 saturated heterocycles. The molecule has 148 valence electrons. The number of likely N-dealkylation sites (tertiary alicyclic amines) is 1. The number of amides is 2. The number of nitrogens with one attached hydrogen (secondary N) is 2. The molecule has 1 spiro atoms. The summed E-state index contributed by atoms with van der Waals surface area (Å²) in [7, 11) is 0. The van der Waals surface area contributed by atoms with E-state index in [1.807, 2.05) is 18.2 Å². The minimum atomic E-state index is -0.407. The minimum Gasteiger partial charge on any atom is -0.353 e. The van der Waals surface area contributed by atoms with Crippen LogP contribution in [0.3, 0.4) is 0 Å². The molecule has 0 aliphatic carbocycles. The maximum Gasteiger partial charge on any atom is 0.242 e. The Balaban J connectivity index is 1.50. The van der Waals surface area contributed by atoms with Crippen molar-refractivity contribution in [1.29, 1.82) is 0 Å². The quantitative estimate of drug-likeness (QED) is 0.720. The van der Waals surface area contributed by atoms with Crippen LogP contribution in [-0.4, -0.2) is 66.9 Å². The van der Waals surface area contributed by atoms with Crippen LogP contribution in [0.15, 0.2) is 30.3 Å². The minimum absolute atomic E-state index is 0.0435. The van der Waals surface area contributed by atoms with Gasteiger partial charge >= 0.3 is 0 Å². The topological polar surface area (TPSA) is 64.7 Å². The Morgan fingerprint density at radius 2 is 2.04 bits per heavy atom. The average Bonchev–Trinajstić information content (AvgIpc) is 3.23. The summed E-state index contributed by atoms with van der Waals surface area (Å²) in [6.45, 7) is 10.2. The van der Waals surface area contributed by atoms with Crippen molar-refractivity contribution in [3.05, 3.63) is 35.9 Å². The van der Waals surface area contributed by atoms with Crippen molar-refractivity contribution in [2.45, 2.75) is 39.3 Å². The van der Waals surface area contributed by atoms with Crippen molar-refractivity contribution >= 4 is 11.8 Å². The lowest BCUT2D eigenvalue weighted by molar-refractivity contribution is -0.128. The molecule has 3 rings (SSSR count). The molecule has 2 atom stereocenters. The molecule has 2 aliphatic heterocycles. The molecular weight excluding hydrogens is 340 g/mol. The summed E-state index contributed by atoms with van der Waals surface area (Å²) in [5, 5.41) is 5.94. The van der Waals surface area contributed by atoms with Crippen LogP contribution < -0.4 is 10.6 Å². The SMILES string of the molecule is CCN(CC)CCNC(=O)[C@@H]1C[C@]2(CCN(Cc3ccccc3)C2)C(=O)N1. The van der Waals surface area contributed by atoms with Crippen LogP contribution in [-0.2, 0) is 16.1 Å². The lowest BCUT2D eigenvalue weighted by atomic mass is 9.84. The van der Waals surface area contributed by atoms with Crippen LogP contribution >= 0.6 is 0 Å². The van der Waals surface area contributed by atoms with Gasteiger partial charge in [0.15, 0.2) is 0 Å². The van der Waals surface area contributed by atoms with Gasteiger partial charge in [-0.25, -0.2) is 0 Å². The number of nitrogens with zero attached hydrogens (tertiary/aromatic N) is 2. The molecule has 2 fully saturated rings. The number of hydrogen-bond donors (Lipinski definition) is 2. The van der Waals surface area contributed by atoms with Crippen LogP contribution in [0.4, 0.5) is 0 Å². The molecular formula is C21H32N4O2. The smallest absolute Gasteiger partial charge is 0.242 e. The second kappa shape index (κ2) is 8.85. The third kappa shape index (κ3) is 4.68. The van der Waals surface area contributed by atoms with Crippen LogP contribution in [0.2, 0.25) is 0 Å². The monoisotopic (exact) mass is 372 g/mol. The van der Waals surface area contributed by atoms with Crippen molar-refractivity contribution in [3.8, 4) is 0 Å². The standard InChI is InChI=1S/C21H32N4O2/c1-3-24(4-2)13-11-22-19(26)18-14-21(20(27)23-18)10-12-25(16-21)15-17-8-6-5-7-9-17/h5-9,18H,3-4,10-16H2,1-2H3,(H,22,26)(H,23,27)/t18-,21-/m0/s1. The molecule has 6 heteroatoms. The van der Waals surface area contributed by atoms with Crippen molar-refractivity contribution in [3.63, 3.8) is 0 Å². The lowest BCUT2D eigenvalue weighted by Crippen LogP contribution is -2.44. The zero-order valence-corrected chi connectivity index (χ0v) is 16.5. The van der Waals surface area contributed by atoms with Crippen molar-refractivity contribution < 1.29 is 9.59 Å². The van der Waals surface area contributed by atoms with Gasteiger partial charge in [0, 0.05) is 26.2 Å². The Kier molecular flexibility index (Phi) is 6.50. The van der Waals surface area contributed by atoms with Gasteiger partial charge in [-0.05, 0) is 38.0 Å². The first-order valence-corrected chi connectivity index (χ1v) is 10.1. The summed E-state index contributed by atoms with van der Waals surface area (Å²) >= 11 is 0. The normalized spacial score (nSPS) is 25.3. The second-order valence-electron chi connectivity index (χ2n) is 7.77. The zero-order chi connectivity index (χ0) is 19.3. The van der Waals surface area contributed by atoms with E-state index in [9.17, 15) is 9.59 Å². The van der Waals surface area contributed by atoms with E-state index in [-0.39, 0.29) is 11.8 Å². The summed E-state index contributed by atoms with van der Waals surface area (Å²) in [6, 6.07) is 9.94.